The maximum absolute atomic E-state index is 12.0. The van der Waals surface area contributed by atoms with Crippen LogP contribution in [0, 0.1) is 5.92 Å². The Kier molecular flexibility index (Phi) is 4.92. The maximum Gasteiger partial charge on any atom is 0.338 e. The molecule has 0 aromatic heterocycles. The average Bonchev–Trinajstić information content (AvgIpc) is 2.88. The third-order valence-corrected chi connectivity index (χ3v) is 6.06. The molecule has 3 atom stereocenters. The molecule has 0 fully saturated rings. The molecule has 0 saturated heterocycles. The van der Waals surface area contributed by atoms with Crippen molar-refractivity contribution >= 4 is 11.9 Å². The molecule has 27 heavy (non-hydrogen) atoms. The van der Waals surface area contributed by atoms with E-state index < -0.39 is 5.97 Å². The van der Waals surface area contributed by atoms with Crippen LogP contribution in [0.25, 0.3) is 0 Å². The summed E-state index contributed by atoms with van der Waals surface area (Å²) in [4.78, 5) is 23.5. The second-order valence-corrected chi connectivity index (χ2v) is 7.35. The molecule has 1 N–H and O–H groups in total. The lowest BCUT2D eigenvalue weighted by atomic mass is 9.70. The van der Waals surface area contributed by atoms with E-state index in [-0.39, 0.29) is 23.9 Å². The lowest BCUT2D eigenvalue weighted by Gasteiger charge is -2.33. The molecule has 0 heterocycles. The van der Waals surface area contributed by atoms with Gasteiger partial charge in [0.2, 0.25) is 0 Å². The number of rotatable bonds is 5. The van der Waals surface area contributed by atoms with Crippen molar-refractivity contribution in [3.8, 4) is 0 Å². The van der Waals surface area contributed by atoms with Crippen LogP contribution in [-0.2, 0) is 10.2 Å². The molecule has 0 bridgehead atoms. The van der Waals surface area contributed by atoms with E-state index in [2.05, 4.69) is 27.4 Å². The summed E-state index contributed by atoms with van der Waals surface area (Å²) >= 11 is 0. The van der Waals surface area contributed by atoms with Gasteiger partial charge in [0.25, 0.3) is 0 Å². The van der Waals surface area contributed by atoms with Gasteiger partial charge < -0.3 is 9.84 Å². The van der Waals surface area contributed by atoms with Crippen molar-refractivity contribution in [2.45, 2.75) is 32.1 Å². The maximum atomic E-state index is 12.0. The lowest BCUT2D eigenvalue weighted by Crippen LogP contribution is -2.28. The molecule has 3 unspecified atom stereocenters. The highest BCUT2D eigenvalue weighted by molar-refractivity contribution is 5.90. The predicted molar refractivity (Wildman–Crippen MR) is 104 cm³/mol. The Hall–Kier alpha value is -2.88. The molecule has 1 aliphatic rings. The van der Waals surface area contributed by atoms with Gasteiger partial charge in [0.05, 0.1) is 11.1 Å². The fraction of sp³-hybridized carbons (Fsp3) is 0.304. The number of fused-ring (bicyclic) bond motifs is 1. The van der Waals surface area contributed by atoms with Gasteiger partial charge in [0.15, 0.2) is 0 Å². The van der Waals surface area contributed by atoms with E-state index in [1.165, 1.54) is 11.6 Å². The first kappa shape index (κ1) is 18.9. The molecule has 1 aliphatic carbocycles. The molecule has 0 radical (unpaired) electrons. The highest BCUT2D eigenvalue weighted by Crippen LogP contribution is 2.53. The number of benzene rings is 2. The van der Waals surface area contributed by atoms with Crippen LogP contribution in [0.15, 0.2) is 55.1 Å². The first-order valence-electron chi connectivity index (χ1n) is 9.07. The zero-order valence-corrected chi connectivity index (χ0v) is 15.9. The fourth-order valence-corrected chi connectivity index (χ4v) is 4.14. The van der Waals surface area contributed by atoms with Gasteiger partial charge in [-0.15, -0.1) is 0 Å². The summed E-state index contributed by atoms with van der Waals surface area (Å²) < 4.78 is 5.08. The number of ether oxygens (including phenoxy) is 1. The van der Waals surface area contributed by atoms with Gasteiger partial charge in [-0.3, -0.25) is 0 Å². The number of esters is 1. The van der Waals surface area contributed by atoms with Crippen LogP contribution in [0.4, 0.5) is 0 Å². The van der Waals surface area contributed by atoms with Gasteiger partial charge in [-0.1, -0.05) is 51.6 Å². The summed E-state index contributed by atoms with van der Waals surface area (Å²) in [7, 11) is 0. The predicted octanol–water partition coefficient (Wildman–Crippen LogP) is 4.79. The summed E-state index contributed by atoms with van der Waals surface area (Å²) in [6.07, 6.45) is 1.53. The molecule has 4 nitrogen and oxygen atoms in total. The number of carboxylic acid groups (broad SMARTS) is 1. The van der Waals surface area contributed by atoms with Crippen LogP contribution in [0.3, 0.4) is 0 Å². The second kappa shape index (κ2) is 7.03. The molecule has 0 saturated carbocycles. The van der Waals surface area contributed by atoms with Gasteiger partial charge in [-0.05, 0) is 52.8 Å². The van der Waals surface area contributed by atoms with Crippen LogP contribution in [0.1, 0.15) is 64.1 Å². The number of hydrogen-bond acceptors (Lipinski definition) is 3. The van der Waals surface area contributed by atoms with Crippen LogP contribution in [0.5, 0.6) is 0 Å². The SMILES string of the molecule is C=CCOC(=O)c1ccc(C2(C)c3cc(C(=O)O)ccc3C(C)C2C)cc1. The number of aromatic carboxylic acids is 1. The average molecular weight is 364 g/mol. The molecule has 140 valence electrons. The van der Waals surface area contributed by atoms with Crippen LogP contribution >= 0.6 is 0 Å². The number of carbonyl (C=O) groups excluding carboxylic acids is 1. The van der Waals surface area contributed by atoms with Crippen molar-refractivity contribution in [1.29, 1.82) is 0 Å². The van der Waals surface area contributed by atoms with Gasteiger partial charge in [-0.25, -0.2) is 9.59 Å². The molecular formula is C23H24O4. The fourth-order valence-electron chi connectivity index (χ4n) is 4.14. The summed E-state index contributed by atoms with van der Waals surface area (Å²) in [5.41, 5.74) is 3.74. The standard InChI is InChI=1S/C23H24O4/c1-5-12-27-22(26)16-6-9-18(10-7-16)23(4)15(3)14(2)19-11-8-17(21(24)25)13-20(19)23/h5-11,13-15H,1,12H2,2-4H3,(H,24,25). The Bertz CT molecular complexity index is 897. The van der Waals surface area contributed by atoms with Gasteiger partial charge in [0, 0.05) is 5.41 Å². The Morgan fingerprint density at radius 1 is 1.15 bits per heavy atom. The summed E-state index contributed by atoms with van der Waals surface area (Å²) in [6, 6.07) is 12.8. The van der Waals surface area contributed by atoms with E-state index in [1.54, 1.807) is 24.3 Å². The van der Waals surface area contributed by atoms with Crippen LogP contribution in [0.2, 0.25) is 0 Å². The van der Waals surface area contributed by atoms with E-state index in [1.807, 2.05) is 18.2 Å². The highest BCUT2D eigenvalue weighted by atomic mass is 16.5. The summed E-state index contributed by atoms with van der Waals surface area (Å²) in [5.74, 6) is -0.708. The molecular weight excluding hydrogens is 340 g/mol. The lowest BCUT2D eigenvalue weighted by molar-refractivity contribution is 0.0549. The van der Waals surface area contributed by atoms with E-state index in [0.29, 0.717) is 17.0 Å². The Labute approximate surface area is 159 Å². The minimum atomic E-state index is -0.923. The first-order valence-corrected chi connectivity index (χ1v) is 9.07. The van der Waals surface area contributed by atoms with Crippen molar-refractivity contribution in [3.05, 3.63) is 82.9 Å². The zero-order valence-electron chi connectivity index (χ0n) is 15.9. The molecule has 0 amide bonds. The van der Waals surface area contributed by atoms with E-state index >= 15 is 0 Å². The van der Waals surface area contributed by atoms with Crippen molar-refractivity contribution in [2.75, 3.05) is 6.61 Å². The van der Waals surface area contributed by atoms with Crippen LogP contribution in [-0.4, -0.2) is 23.7 Å². The number of hydrogen-bond donors (Lipinski definition) is 1. The zero-order chi connectivity index (χ0) is 19.8. The van der Waals surface area contributed by atoms with Crippen LogP contribution < -0.4 is 0 Å². The van der Waals surface area contributed by atoms with Gasteiger partial charge in [-0.2, -0.15) is 0 Å². The van der Waals surface area contributed by atoms with Crippen molar-refractivity contribution in [2.24, 2.45) is 5.92 Å². The third kappa shape index (κ3) is 3.05. The molecule has 0 spiro atoms. The smallest absolute Gasteiger partial charge is 0.338 e. The Morgan fingerprint density at radius 3 is 2.37 bits per heavy atom. The van der Waals surface area contributed by atoms with Crippen molar-refractivity contribution in [3.63, 3.8) is 0 Å². The molecule has 2 aromatic rings. The molecule has 2 aromatic carbocycles. The normalized spacial score (nSPS) is 23.5. The molecule has 3 rings (SSSR count). The number of carbonyl (C=O) groups is 2. The highest BCUT2D eigenvalue weighted by Gasteiger charge is 2.46. The Morgan fingerprint density at radius 2 is 1.78 bits per heavy atom. The second-order valence-electron chi connectivity index (χ2n) is 7.35. The quantitative estimate of drug-likeness (QED) is 0.612. The van der Waals surface area contributed by atoms with Gasteiger partial charge >= 0.3 is 11.9 Å². The Balaban J connectivity index is 2.03. The first-order chi connectivity index (χ1) is 12.8. The number of carboxylic acids is 1. The molecule has 4 heteroatoms. The van der Waals surface area contributed by atoms with E-state index in [0.717, 1.165) is 11.1 Å². The van der Waals surface area contributed by atoms with Crippen molar-refractivity contribution in [1.82, 2.24) is 0 Å². The summed E-state index contributed by atoms with van der Waals surface area (Å²) in [5, 5.41) is 9.40. The van der Waals surface area contributed by atoms with Gasteiger partial charge in [0.1, 0.15) is 6.61 Å². The monoisotopic (exact) mass is 364 g/mol. The van der Waals surface area contributed by atoms with E-state index in [9.17, 15) is 14.7 Å². The largest absolute Gasteiger partial charge is 0.478 e. The molecule has 0 aliphatic heterocycles. The summed E-state index contributed by atoms with van der Waals surface area (Å²) in [6.45, 7) is 10.2. The third-order valence-electron chi connectivity index (χ3n) is 6.06. The topological polar surface area (TPSA) is 63.6 Å². The minimum Gasteiger partial charge on any atom is -0.478 e. The van der Waals surface area contributed by atoms with Crippen molar-refractivity contribution < 1.29 is 19.4 Å². The van der Waals surface area contributed by atoms with E-state index in [4.69, 9.17) is 4.74 Å². The minimum absolute atomic E-state index is 0.179.